The molecule has 0 N–H and O–H groups in total. The molecule has 0 radical (unpaired) electrons. The summed E-state index contributed by atoms with van der Waals surface area (Å²) in [6.45, 7) is 4.31. The standard InChI is InChI=1S/C37H30N2/c1-25-8-7-9-27-14-18-31-32(23-27)28(15-12-25)16-20-37(31)39(29-10-5-4-6-11-29)30-17-21-36-34(24-30)33-22-26(2)13-19-35(33)38(36)3/h4-24H,1-3H3. The van der Waals surface area contributed by atoms with Crippen molar-refractivity contribution in [1.29, 1.82) is 0 Å². The molecule has 0 saturated heterocycles. The second-order valence-electron chi connectivity index (χ2n) is 10.5. The van der Waals surface area contributed by atoms with E-state index in [1.165, 1.54) is 60.2 Å². The van der Waals surface area contributed by atoms with Crippen LogP contribution in [0, 0.1) is 13.8 Å². The Morgan fingerprint density at radius 3 is 2.08 bits per heavy atom. The third-order valence-electron chi connectivity index (χ3n) is 7.88. The molecule has 2 heteroatoms. The first kappa shape index (κ1) is 23.3. The fourth-order valence-corrected chi connectivity index (χ4v) is 5.87. The molecular weight excluding hydrogens is 472 g/mol. The average molecular weight is 503 g/mol. The molecule has 2 bridgehead atoms. The lowest BCUT2D eigenvalue weighted by Crippen LogP contribution is -2.10. The molecule has 0 saturated carbocycles. The van der Waals surface area contributed by atoms with E-state index in [1.807, 2.05) is 0 Å². The number of benzene rings is 5. The molecule has 0 spiro atoms. The lowest BCUT2D eigenvalue weighted by atomic mass is 10.0. The fourth-order valence-electron chi connectivity index (χ4n) is 5.87. The third-order valence-corrected chi connectivity index (χ3v) is 7.88. The summed E-state index contributed by atoms with van der Waals surface area (Å²) >= 11 is 0. The van der Waals surface area contributed by atoms with Crippen molar-refractivity contribution in [3.63, 3.8) is 0 Å². The summed E-state index contributed by atoms with van der Waals surface area (Å²) in [7, 11) is 2.16. The van der Waals surface area contributed by atoms with Gasteiger partial charge in [0.25, 0.3) is 0 Å². The van der Waals surface area contributed by atoms with Crippen molar-refractivity contribution in [3.8, 4) is 0 Å². The summed E-state index contributed by atoms with van der Waals surface area (Å²) in [5.41, 5.74) is 8.47. The van der Waals surface area contributed by atoms with Crippen LogP contribution in [-0.2, 0) is 7.05 Å². The Kier molecular flexibility index (Phi) is 5.49. The first-order chi connectivity index (χ1) is 19.1. The molecule has 0 fully saturated rings. The highest BCUT2D eigenvalue weighted by Crippen LogP contribution is 2.42. The van der Waals surface area contributed by atoms with Crippen LogP contribution in [0.25, 0.3) is 43.4 Å². The Bertz CT molecular complexity index is 2050. The molecular formula is C37H30N2. The zero-order valence-corrected chi connectivity index (χ0v) is 22.5. The van der Waals surface area contributed by atoms with Crippen molar-refractivity contribution in [2.75, 3.05) is 4.90 Å². The molecule has 7 aromatic rings. The Morgan fingerprint density at radius 2 is 1.23 bits per heavy atom. The Labute approximate surface area is 229 Å². The lowest BCUT2D eigenvalue weighted by Gasteiger charge is -2.27. The number of aryl methyl sites for hydroxylation is 3. The molecule has 0 atom stereocenters. The summed E-state index contributed by atoms with van der Waals surface area (Å²) in [6, 6.07) is 46.5. The van der Waals surface area contributed by atoms with Crippen LogP contribution in [0.2, 0.25) is 0 Å². The van der Waals surface area contributed by atoms with Gasteiger partial charge in [-0.15, -0.1) is 0 Å². The zero-order valence-electron chi connectivity index (χ0n) is 22.5. The minimum absolute atomic E-state index is 1.14. The van der Waals surface area contributed by atoms with E-state index in [9.17, 15) is 0 Å². The maximum absolute atomic E-state index is 2.40. The smallest absolute Gasteiger partial charge is 0.0540 e. The summed E-state index contributed by atoms with van der Waals surface area (Å²) < 4.78 is 2.30. The van der Waals surface area contributed by atoms with Crippen molar-refractivity contribution in [2.45, 2.75) is 13.8 Å². The third kappa shape index (κ3) is 3.97. The van der Waals surface area contributed by atoms with Gasteiger partial charge >= 0.3 is 0 Å². The van der Waals surface area contributed by atoms with Crippen molar-refractivity contribution >= 4 is 60.4 Å². The molecule has 1 aromatic heterocycles. The van der Waals surface area contributed by atoms with E-state index in [4.69, 9.17) is 0 Å². The van der Waals surface area contributed by atoms with Gasteiger partial charge in [0.2, 0.25) is 0 Å². The first-order valence-corrected chi connectivity index (χ1v) is 13.5. The number of rotatable bonds is 3. The van der Waals surface area contributed by atoms with E-state index in [0.717, 1.165) is 11.4 Å². The SMILES string of the molecule is Cc1cccc2ccc3c(N(c4ccccc4)c4ccc5c(c4)c4cc(C)ccc4n5C)ccc(cc1)c3c2. The van der Waals surface area contributed by atoms with E-state index >= 15 is 0 Å². The zero-order chi connectivity index (χ0) is 26.5. The van der Waals surface area contributed by atoms with Crippen LogP contribution in [0.1, 0.15) is 11.1 Å². The molecule has 0 aliphatic rings. The van der Waals surface area contributed by atoms with Gasteiger partial charge in [-0.05, 0) is 84.6 Å². The monoisotopic (exact) mass is 502 g/mol. The maximum Gasteiger partial charge on any atom is 0.0540 e. The predicted octanol–water partition coefficient (Wildman–Crippen LogP) is 10.3. The molecule has 6 aromatic carbocycles. The van der Waals surface area contributed by atoms with Crippen LogP contribution < -0.4 is 4.90 Å². The Morgan fingerprint density at radius 1 is 0.487 bits per heavy atom. The maximum atomic E-state index is 2.40. The van der Waals surface area contributed by atoms with Crippen molar-refractivity contribution in [1.82, 2.24) is 4.57 Å². The quantitative estimate of drug-likeness (QED) is 0.233. The Balaban J connectivity index is 1.53. The number of nitrogens with zero attached hydrogens (tertiary/aromatic N) is 2. The van der Waals surface area contributed by atoms with E-state index in [2.05, 4.69) is 158 Å². The first-order valence-electron chi connectivity index (χ1n) is 13.5. The number of fused-ring (bicyclic) bond motifs is 4. The molecule has 0 unspecified atom stereocenters. The Hall–Kier alpha value is -4.82. The molecule has 188 valence electrons. The molecule has 0 aliphatic carbocycles. The number of hydrogen-bond acceptors (Lipinski definition) is 1. The van der Waals surface area contributed by atoms with Gasteiger partial charge in [-0.1, -0.05) is 83.9 Å². The van der Waals surface area contributed by atoms with Crippen molar-refractivity contribution in [2.24, 2.45) is 7.05 Å². The minimum Gasteiger partial charge on any atom is -0.344 e. The summed E-state index contributed by atoms with van der Waals surface area (Å²) in [4.78, 5) is 2.40. The van der Waals surface area contributed by atoms with E-state index in [0.29, 0.717) is 0 Å². The van der Waals surface area contributed by atoms with Crippen LogP contribution >= 0.6 is 0 Å². The predicted molar refractivity (Wildman–Crippen MR) is 168 cm³/mol. The van der Waals surface area contributed by atoms with Gasteiger partial charge in [0.05, 0.1) is 5.69 Å². The number of aromatic nitrogens is 1. The average Bonchev–Trinajstić information content (AvgIpc) is 3.23. The molecule has 7 rings (SSSR count). The highest BCUT2D eigenvalue weighted by molar-refractivity contribution is 6.12. The summed E-state index contributed by atoms with van der Waals surface area (Å²) in [5.74, 6) is 0. The van der Waals surface area contributed by atoms with Gasteiger partial charge in [-0.3, -0.25) is 0 Å². The second-order valence-corrected chi connectivity index (χ2v) is 10.5. The van der Waals surface area contributed by atoms with Gasteiger partial charge in [-0.2, -0.15) is 0 Å². The van der Waals surface area contributed by atoms with Gasteiger partial charge in [0.15, 0.2) is 0 Å². The lowest BCUT2D eigenvalue weighted by molar-refractivity contribution is 1.01. The topological polar surface area (TPSA) is 8.17 Å². The van der Waals surface area contributed by atoms with Crippen LogP contribution in [0.4, 0.5) is 17.1 Å². The normalized spacial score (nSPS) is 11.5. The number of hydrogen-bond donors (Lipinski definition) is 0. The highest BCUT2D eigenvalue weighted by Gasteiger charge is 2.18. The minimum atomic E-state index is 1.14. The molecule has 0 aliphatic heterocycles. The molecule has 39 heavy (non-hydrogen) atoms. The number of anilines is 3. The van der Waals surface area contributed by atoms with Crippen molar-refractivity contribution in [3.05, 3.63) is 139 Å². The second kappa shape index (κ2) is 9.18. The van der Waals surface area contributed by atoms with Crippen molar-refractivity contribution < 1.29 is 0 Å². The van der Waals surface area contributed by atoms with Crippen LogP contribution in [0.3, 0.4) is 0 Å². The number of para-hydroxylation sites is 1. The van der Waals surface area contributed by atoms with E-state index in [1.54, 1.807) is 0 Å². The largest absolute Gasteiger partial charge is 0.344 e. The van der Waals surface area contributed by atoms with E-state index in [-0.39, 0.29) is 0 Å². The van der Waals surface area contributed by atoms with E-state index < -0.39 is 0 Å². The summed E-state index contributed by atoms with van der Waals surface area (Å²) in [5, 5.41) is 7.49. The van der Waals surface area contributed by atoms with Gasteiger partial charge < -0.3 is 9.47 Å². The van der Waals surface area contributed by atoms with Crippen LogP contribution in [0.5, 0.6) is 0 Å². The van der Waals surface area contributed by atoms with Crippen LogP contribution in [-0.4, -0.2) is 4.57 Å². The van der Waals surface area contributed by atoms with Gasteiger partial charge in [-0.25, -0.2) is 0 Å². The highest BCUT2D eigenvalue weighted by atomic mass is 15.1. The molecule has 1 heterocycles. The fraction of sp³-hybridized carbons (Fsp3) is 0.0811. The summed E-state index contributed by atoms with van der Waals surface area (Å²) in [6.07, 6.45) is 0. The van der Waals surface area contributed by atoms with Gasteiger partial charge in [0.1, 0.15) is 0 Å². The molecule has 0 amide bonds. The van der Waals surface area contributed by atoms with Gasteiger partial charge in [0, 0.05) is 45.6 Å². The van der Waals surface area contributed by atoms with Crippen LogP contribution in [0.15, 0.2) is 127 Å². The molecule has 2 nitrogen and oxygen atoms in total.